The van der Waals surface area contributed by atoms with Crippen LogP contribution < -0.4 is 5.32 Å². The second-order valence-corrected chi connectivity index (χ2v) is 4.08. The first kappa shape index (κ1) is 9.69. The Morgan fingerprint density at radius 1 is 1.29 bits per heavy atom. The highest BCUT2D eigenvalue weighted by molar-refractivity contribution is 5.26. The normalized spacial score (nSPS) is 27.5. The Morgan fingerprint density at radius 3 is 2.64 bits per heavy atom. The molecule has 76 valence electrons. The average molecular weight is 191 g/mol. The number of hydrogen-bond donors (Lipinski definition) is 2. The molecule has 1 fully saturated rings. The lowest BCUT2D eigenvalue weighted by Gasteiger charge is -2.36. The summed E-state index contributed by atoms with van der Waals surface area (Å²) in [5.74, 6) is 0. The van der Waals surface area contributed by atoms with E-state index in [1.165, 1.54) is 5.56 Å². The van der Waals surface area contributed by atoms with Crippen molar-refractivity contribution in [2.45, 2.75) is 18.3 Å². The molecule has 2 rings (SSSR count). The molecule has 0 bridgehead atoms. The summed E-state index contributed by atoms with van der Waals surface area (Å²) in [7, 11) is 0. The maximum absolute atomic E-state index is 9.55. The van der Waals surface area contributed by atoms with Crippen LogP contribution in [0.3, 0.4) is 0 Å². The van der Waals surface area contributed by atoms with E-state index in [-0.39, 0.29) is 12.0 Å². The van der Waals surface area contributed by atoms with Gasteiger partial charge in [0.2, 0.25) is 0 Å². The van der Waals surface area contributed by atoms with Crippen LogP contribution in [0, 0.1) is 0 Å². The first-order valence-electron chi connectivity index (χ1n) is 5.24. The van der Waals surface area contributed by atoms with E-state index in [4.69, 9.17) is 0 Å². The van der Waals surface area contributed by atoms with Gasteiger partial charge in [-0.05, 0) is 24.9 Å². The van der Waals surface area contributed by atoms with E-state index in [2.05, 4.69) is 17.4 Å². The Balaban J connectivity index is 2.27. The molecule has 0 amide bonds. The summed E-state index contributed by atoms with van der Waals surface area (Å²) in [5.41, 5.74) is 1.22. The van der Waals surface area contributed by atoms with Crippen molar-refractivity contribution in [3.8, 4) is 0 Å². The van der Waals surface area contributed by atoms with E-state index < -0.39 is 0 Å². The molecule has 2 heteroatoms. The predicted molar refractivity (Wildman–Crippen MR) is 57.3 cm³/mol. The van der Waals surface area contributed by atoms with Gasteiger partial charge in [0.1, 0.15) is 0 Å². The minimum absolute atomic E-state index is 0.0422. The van der Waals surface area contributed by atoms with Gasteiger partial charge in [-0.1, -0.05) is 30.3 Å². The molecular weight excluding hydrogens is 174 g/mol. The summed E-state index contributed by atoms with van der Waals surface area (Å²) in [6.07, 6.45) is 2.23. The third-order valence-electron chi connectivity index (χ3n) is 3.16. The van der Waals surface area contributed by atoms with Crippen LogP contribution in [0.5, 0.6) is 0 Å². The summed E-state index contributed by atoms with van der Waals surface area (Å²) in [6, 6.07) is 10.3. The molecule has 2 nitrogen and oxygen atoms in total. The van der Waals surface area contributed by atoms with E-state index >= 15 is 0 Å². The van der Waals surface area contributed by atoms with Crippen LogP contribution in [-0.4, -0.2) is 24.8 Å². The molecule has 1 atom stereocenters. The van der Waals surface area contributed by atoms with Gasteiger partial charge in [-0.3, -0.25) is 0 Å². The molecule has 0 radical (unpaired) electrons. The number of benzene rings is 1. The second kappa shape index (κ2) is 4.11. The van der Waals surface area contributed by atoms with Crippen LogP contribution in [-0.2, 0) is 5.41 Å². The monoisotopic (exact) mass is 191 g/mol. The molecule has 0 aliphatic carbocycles. The van der Waals surface area contributed by atoms with Crippen molar-refractivity contribution in [2.75, 3.05) is 19.7 Å². The minimum Gasteiger partial charge on any atom is -0.395 e. The van der Waals surface area contributed by atoms with Gasteiger partial charge in [0.05, 0.1) is 6.61 Å². The fraction of sp³-hybridized carbons (Fsp3) is 0.500. The van der Waals surface area contributed by atoms with Gasteiger partial charge < -0.3 is 10.4 Å². The average Bonchev–Trinajstić information content (AvgIpc) is 2.31. The summed E-state index contributed by atoms with van der Waals surface area (Å²) in [5, 5.41) is 12.9. The van der Waals surface area contributed by atoms with Crippen molar-refractivity contribution < 1.29 is 5.11 Å². The summed E-state index contributed by atoms with van der Waals surface area (Å²) >= 11 is 0. The highest BCUT2D eigenvalue weighted by Gasteiger charge is 2.32. The SMILES string of the molecule is OCC1(c2ccccc2)CCCNC1. The largest absolute Gasteiger partial charge is 0.395 e. The van der Waals surface area contributed by atoms with Gasteiger partial charge in [-0.25, -0.2) is 0 Å². The molecule has 14 heavy (non-hydrogen) atoms. The number of aliphatic hydroxyl groups excluding tert-OH is 1. The zero-order chi connectivity index (χ0) is 9.86. The van der Waals surface area contributed by atoms with Crippen molar-refractivity contribution in [3.63, 3.8) is 0 Å². The minimum atomic E-state index is -0.0422. The molecule has 1 heterocycles. The van der Waals surface area contributed by atoms with Gasteiger partial charge in [-0.2, -0.15) is 0 Å². The Labute approximate surface area is 85.0 Å². The zero-order valence-corrected chi connectivity index (χ0v) is 8.37. The molecule has 0 aromatic heterocycles. The molecule has 1 aliphatic rings. The molecule has 1 aromatic rings. The van der Waals surface area contributed by atoms with Gasteiger partial charge in [-0.15, -0.1) is 0 Å². The van der Waals surface area contributed by atoms with Gasteiger partial charge in [0.15, 0.2) is 0 Å². The van der Waals surface area contributed by atoms with Crippen LogP contribution in [0.4, 0.5) is 0 Å². The molecule has 1 unspecified atom stereocenters. The molecule has 0 saturated carbocycles. The van der Waals surface area contributed by atoms with Crippen LogP contribution >= 0.6 is 0 Å². The molecular formula is C12H17NO. The summed E-state index contributed by atoms with van der Waals surface area (Å²) in [4.78, 5) is 0. The number of rotatable bonds is 2. The highest BCUT2D eigenvalue weighted by Crippen LogP contribution is 2.30. The van der Waals surface area contributed by atoms with Crippen LogP contribution in [0.2, 0.25) is 0 Å². The van der Waals surface area contributed by atoms with Gasteiger partial charge in [0.25, 0.3) is 0 Å². The van der Waals surface area contributed by atoms with E-state index in [1.807, 2.05) is 18.2 Å². The first-order chi connectivity index (χ1) is 6.87. The summed E-state index contributed by atoms with van der Waals surface area (Å²) < 4.78 is 0. The van der Waals surface area contributed by atoms with Crippen LogP contribution in [0.1, 0.15) is 18.4 Å². The van der Waals surface area contributed by atoms with Crippen molar-refractivity contribution in [3.05, 3.63) is 35.9 Å². The lowest BCUT2D eigenvalue weighted by Crippen LogP contribution is -2.45. The second-order valence-electron chi connectivity index (χ2n) is 4.08. The lowest BCUT2D eigenvalue weighted by molar-refractivity contribution is 0.162. The fourth-order valence-corrected chi connectivity index (χ4v) is 2.23. The maximum Gasteiger partial charge on any atom is 0.0540 e. The highest BCUT2D eigenvalue weighted by atomic mass is 16.3. The Morgan fingerprint density at radius 2 is 2.07 bits per heavy atom. The van der Waals surface area contributed by atoms with E-state index in [9.17, 15) is 5.11 Å². The molecule has 0 spiro atoms. The fourth-order valence-electron chi connectivity index (χ4n) is 2.23. The van der Waals surface area contributed by atoms with Crippen molar-refractivity contribution in [2.24, 2.45) is 0 Å². The van der Waals surface area contributed by atoms with Gasteiger partial charge >= 0.3 is 0 Å². The third-order valence-corrected chi connectivity index (χ3v) is 3.16. The maximum atomic E-state index is 9.55. The molecule has 2 N–H and O–H groups in total. The number of piperidine rings is 1. The lowest BCUT2D eigenvalue weighted by atomic mass is 9.75. The molecule has 1 aliphatic heterocycles. The number of aliphatic hydroxyl groups is 1. The van der Waals surface area contributed by atoms with Gasteiger partial charge in [0, 0.05) is 12.0 Å². The van der Waals surface area contributed by atoms with Crippen molar-refractivity contribution in [1.29, 1.82) is 0 Å². The van der Waals surface area contributed by atoms with Crippen LogP contribution in [0.15, 0.2) is 30.3 Å². The van der Waals surface area contributed by atoms with Crippen LogP contribution in [0.25, 0.3) is 0 Å². The Bertz CT molecular complexity index is 278. The number of nitrogens with one attached hydrogen (secondary N) is 1. The van der Waals surface area contributed by atoms with E-state index in [0.717, 1.165) is 25.9 Å². The Kier molecular flexibility index (Phi) is 2.85. The first-order valence-corrected chi connectivity index (χ1v) is 5.24. The van der Waals surface area contributed by atoms with Crippen molar-refractivity contribution in [1.82, 2.24) is 5.32 Å². The van der Waals surface area contributed by atoms with E-state index in [0.29, 0.717) is 0 Å². The van der Waals surface area contributed by atoms with Crippen molar-refractivity contribution >= 4 is 0 Å². The standard InChI is InChI=1S/C12H17NO/c14-10-12(7-4-8-13-9-12)11-5-2-1-3-6-11/h1-3,5-6,13-14H,4,7-10H2. The molecule has 1 saturated heterocycles. The molecule has 1 aromatic carbocycles. The topological polar surface area (TPSA) is 32.3 Å². The number of hydrogen-bond acceptors (Lipinski definition) is 2. The third kappa shape index (κ3) is 1.68. The smallest absolute Gasteiger partial charge is 0.0540 e. The quantitative estimate of drug-likeness (QED) is 0.738. The predicted octanol–water partition coefficient (Wildman–Crippen LogP) is 1.30. The Hall–Kier alpha value is -0.860. The van der Waals surface area contributed by atoms with E-state index in [1.54, 1.807) is 0 Å². The zero-order valence-electron chi connectivity index (χ0n) is 8.37. The summed E-state index contributed by atoms with van der Waals surface area (Å²) in [6.45, 7) is 2.21.